The molecule has 0 aliphatic carbocycles. The lowest BCUT2D eigenvalue weighted by Gasteiger charge is -2.10. The van der Waals surface area contributed by atoms with Crippen molar-refractivity contribution in [3.05, 3.63) is 78.6 Å². The van der Waals surface area contributed by atoms with E-state index in [-0.39, 0.29) is 11.0 Å². The van der Waals surface area contributed by atoms with Crippen LogP contribution < -0.4 is 16.6 Å². The van der Waals surface area contributed by atoms with Gasteiger partial charge in [0.1, 0.15) is 5.56 Å². The highest BCUT2D eigenvalue weighted by Crippen LogP contribution is 2.14. The Bertz CT molecular complexity index is 984. The van der Waals surface area contributed by atoms with E-state index >= 15 is 0 Å². The molecule has 0 atom stereocenters. The summed E-state index contributed by atoms with van der Waals surface area (Å²) in [7, 11) is 0. The molecule has 0 unspecified atom stereocenters. The zero-order valence-corrected chi connectivity index (χ0v) is 15.3. The maximum Gasteiger partial charge on any atom is 0.257 e. The zero-order valence-electron chi connectivity index (χ0n) is 12.4. The van der Waals surface area contributed by atoms with Crippen LogP contribution in [0.4, 0.5) is 0 Å². The second-order valence-electron chi connectivity index (χ2n) is 5.25. The number of hydrogen-bond acceptors (Lipinski definition) is 3. The highest BCUT2D eigenvalue weighted by Gasteiger charge is 2.15. The molecule has 5 nitrogen and oxygen atoms in total. The Labute approximate surface area is 156 Å². The first-order chi connectivity index (χ1) is 11.5. The van der Waals surface area contributed by atoms with Crippen LogP contribution in [0.3, 0.4) is 0 Å². The molecule has 0 aliphatic rings. The van der Waals surface area contributed by atoms with Gasteiger partial charge in [0.15, 0.2) is 0 Å². The first-order valence-electron chi connectivity index (χ1n) is 7.08. The Balaban J connectivity index is 1.91. The lowest BCUT2D eigenvalue weighted by molar-refractivity contribution is 0.0949. The molecular weight excluding hydrogens is 441 g/mol. The Hall–Kier alpha value is -2.06. The maximum absolute atomic E-state index is 12.6. The second-order valence-corrected chi connectivity index (χ2v) is 6.93. The lowest BCUT2D eigenvalue weighted by atomic mass is 10.1. The molecule has 24 heavy (non-hydrogen) atoms. The molecule has 0 radical (unpaired) electrons. The molecule has 3 N–H and O–H groups in total. The number of hydrogen-bond donors (Lipinski definition) is 2. The highest BCUT2D eigenvalue weighted by atomic mass is 127. The summed E-state index contributed by atoms with van der Waals surface area (Å²) < 4.78 is 2.19. The van der Waals surface area contributed by atoms with Gasteiger partial charge in [-0.15, -0.1) is 0 Å². The summed E-state index contributed by atoms with van der Waals surface area (Å²) in [6.45, 7) is 0.296. The van der Waals surface area contributed by atoms with Crippen LogP contribution in [0.2, 0.25) is 5.02 Å². The van der Waals surface area contributed by atoms with Crippen molar-refractivity contribution in [3.8, 4) is 0 Å². The van der Waals surface area contributed by atoms with Crippen molar-refractivity contribution in [1.29, 1.82) is 0 Å². The van der Waals surface area contributed by atoms with Crippen molar-refractivity contribution in [3.63, 3.8) is 0 Å². The van der Waals surface area contributed by atoms with Gasteiger partial charge >= 0.3 is 0 Å². The second kappa shape index (κ2) is 6.82. The number of carbonyl (C=O) groups is 1. The minimum Gasteiger partial charge on any atom is -0.348 e. The predicted molar refractivity (Wildman–Crippen MR) is 104 cm³/mol. The molecule has 122 valence electrons. The summed E-state index contributed by atoms with van der Waals surface area (Å²) in [4.78, 5) is 25.0. The van der Waals surface area contributed by atoms with Crippen LogP contribution in [0.1, 0.15) is 15.9 Å². The molecular formula is C17H13ClIN3O2. The van der Waals surface area contributed by atoms with Gasteiger partial charge in [-0.05, 0) is 58.5 Å². The fourth-order valence-corrected chi connectivity index (χ4v) is 2.99. The normalized spacial score (nSPS) is 10.8. The molecule has 3 rings (SSSR count). The number of rotatable bonds is 3. The highest BCUT2D eigenvalue weighted by molar-refractivity contribution is 14.1. The lowest BCUT2D eigenvalue weighted by Crippen LogP contribution is -2.30. The minimum absolute atomic E-state index is 0.0148. The van der Waals surface area contributed by atoms with Crippen molar-refractivity contribution < 1.29 is 4.79 Å². The molecule has 1 heterocycles. The average molecular weight is 454 g/mol. The van der Waals surface area contributed by atoms with Crippen LogP contribution in [0.25, 0.3) is 10.9 Å². The molecule has 0 aliphatic heterocycles. The van der Waals surface area contributed by atoms with Crippen LogP contribution >= 0.6 is 34.2 Å². The Morgan fingerprint density at radius 2 is 1.92 bits per heavy atom. The zero-order chi connectivity index (χ0) is 17.3. The third-order valence-electron chi connectivity index (χ3n) is 3.61. The number of nitrogen functional groups attached to an aromatic ring is 1. The number of nitrogens with one attached hydrogen (secondary N) is 1. The summed E-state index contributed by atoms with van der Waals surface area (Å²) in [5, 5.41) is 3.77. The largest absolute Gasteiger partial charge is 0.348 e. The number of carbonyl (C=O) groups excluding carboxylic acids is 1. The number of fused-ring (bicyclic) bond motifs is 1. The van der Waals surface area contributed by atoms with E-state index in [2.05, 4.69) is 27.9 Å². The van der Waals surface area contributed by atoms with Gasteiger partial charge in [0.2, 0.25) is 5.43 Å². The molecule has 0 saturated heterocycles. The molecule has 3 aromatic rings. The fourth-order valence-electron chi connectivity index (χ4n) is 2.37. The van der Waals surface area contributed by atoms with Gasteiger partial charge in [0.05, 0.1) is 5.52 Å². The number of amides is 1. The molecule has 2 aromatic carbocycles. The topological polar surface area (TPSA) is 77.1 Å². The molecule has 1 aromatic heterocycles. The van der Waals surface area contributed by atoms with Gasteiger partial charge in [-0.3, -0.25) is 14.3 Å². The van der Waals surface area contributed by atoms with Crippen LogP contribution in [0.5, 0.6) is 0 Å². The third-order valence-corrected chi connectivity index (χ3v) is 4.53. The van der Waals surface area contributed by atoms with Gasteiger partial charge in [0.25, 0.3) is 5.91 Å². The molecule has 0 spiro atoms. The van der Waals surface area contributed by atoms with Gasteiger partial charge in [-0.2, -0.15) is 0 Å². The first-order valence-corrected chi connectivity index (χ1v) is 8.54. The first kappa shape index (κ1) is 16.8. The summed E-state index contributed by atoms with van der Waals surface area (Å²) in [5.74, 6) is 5.46. The number of benzene rings is 2. The maximum atomic E-state index is 12.6. The smallest absolute Gasteiger partial charge is 0.257 e. The van der Waals surface area contributed by atoms with E-state index in [4.69, 9.17) is 17.4 Å². The number of pyridine rings is 1. The average Bonchev–Trinajstić information content (AvgIpc) is 2.57. The number of nitrogens with two attached hydrogens (primary N) is 1. The van der Waals surface area contributed by atoms with Crippen LogP contribution in [0, 0.1) is 3.57 Å². The Morgan fingerprint density at radius 3 is 2.62 bits per heavy atom. The summed E-state index contributed by atoms with van der Waals surface area (Å²) in [6, 6.07) is 12.4. The molecule has 7 heteroatoms. The fraction of sp³-hybridized carbons (Fsp3) is 0.0588. The molecule has 0 fully saturated rings. The summed E-state index contributed by atoms with van der Waals surface area (Å²) in [5.41, 5.74) is 1.14. The van der Waals surface area contributed by atoms with Crippen molar-refractivity contribution in [2.45, 2.75) is 6.54 Å². The minimum atomic E-state index is -0.463. The van der Waals surface area contributed by atoms with Gasteiger partial charge in [0, 0.05) is 26.7 Å². The van der Waals surface area contributed by atoms with E-state index in [1.165, 1.54) is 10.9 Å². The monoisotopic (exact) mass is 453 g/mol. The predicted octanol–water partition coefficient (Wildman–Crippen LogP) is 2.90. The van der Waals surface area contributed by atoms with E-state index in [1.54, 1.807) is 24.3 Å². The van der Waals surface area contributed by atoms with Crippen LogP contribution in [-0.2, 0) is 6.54 Å². The molecule has 0 saturated carbocycles. The van der Waals surface area contributed by atoms with E-state index in [0.29, 0.717) is 22.5 Å². The van der Waals surface area contributed by atoms with Crippen LogP contribution in [0.15, 0.2) is 53.5 Å². The van der Waals surface area contributed by atoms with Gasteiger partial charge in [-0.1, -0.05) is 23.7 Å². The van der Waals surface area contributed by atoms with E-state index in [0.717, 1.165) is 9.13 Å². The van der Waals surface area contributed by atoms with E-state index in [9.17, 15) is 9.59 Å². The standard InChI is InChI=1S/C17H13ClIN3O2/c18-11-3-1-10(2-4-11)8-21-17(24)14-9-22(20)15-6-5-12(19)7-13(15)16(14)23/h1-7,9H,8,20H2,(H,21,24). The quantitative estimate of drug-likeness (QED) is 0.473. The van der Waals surface area contributed by atoms with E-state index < -0.39 is 5.91 Å². The summed E-state index contributed by atoms with van der Waals surface area (Å²) >= 11 is 7.94. The van der Waals surface area contributed by atoms with Crippen LogP contribution in [-0.4, -0.2) is 10.6 Å². The van der Waals surface area contributed by atoms with E-state index in [1.807, 2.05) is 18.2 Å². The van der Waals surface area contributed by atoms with Gasteiger partial charge in [-0.25, -0.2) is 0 Å². The van der Waals surface area contributed by atoms with Crippen molar-refractivity contribution in [2.75, 3.05) is 5.84 Å². The number of aromatic nitrogens is 1. The SMILES string of the molecule is Nn1cc(C(=O)NCc2ccc(Cl)cc2)c(=O)c2cc(I)ccc21. The van der Waals surface area contributed by atoms with Gasteiger partial charge < -0.3 is 11.2 Å². The molecule has 0 bridgehead atoms. The van der Waals surface area contributed by atoms with Crippen molar-refractivity contribution in [1.82, 2.24) is 9.99 Å². The van der Waals surface area contributed by atoms with Crippen molar-refractivity contribution in [2.24, 2.45) is 0 Å². The summed E-state index contributed by atoms with van der Waals surface area (Å²) in [6.07, 6.45) is 1.36. The number of nitrogens with zero attached hydrogens (tertiary/aromatic N) is 1. The Kier molecular flexibility index (Phi) is 4.77. The Morgan fingerprint density at radius 1 is 1.21 bits per heavy atom. The number of halogens is 2. The third kappa shape index (κ3) is 3.39. The molecule has 1 amide bonds. The van der Waals surface area contributed by atoms with Crippen molar-refractivity contribution >= 4 is 51.0 Å².